The van der Waals surface area contributed by atoms with Crippen LogP contribution in [0.2, 0.25) is 0 Å². The second kappa shape index (κ2) is 6.47. The third kappa shape index (κ3) is 3.97. The Morgan fingerprint density at radius 1 is 1.33 bits per heavy atom. The lowest BCUT2D eigenvalue weighted by molar-refractivity contribution is -0.145. The van der Waals surface area contributed by atoms with Crippen LogP contribution in [0.5, 0.6) is 0 Å². The van der Waals surface area contributed by atoms with Crippen LogP contribution < -0.4 is 5.32 Å². The number of carbonyl (C=O) groups is 1. The maximum absolute atomic E-state index is 12.5. The van der Waals surface area contributed by atoms with Gasteiger partial charge in [-0.3, -0.25) is 4.79 Å². The third-order valence-electron chi connectivity index (χ3n) is 3.88. The molecule has 1 unspecified atom stereocenters. The summed E-state index contributed by atoms with van der Waals surface area (Å²) >= 11 is 0. The van der Waals surface area contributed by atoms with E-state index in [9.17, 15) is 18.0 Å². The van der Waals surface area contributed by atoms with Crippen LogP contribution in [0, 0.1) is 5.92 Å². The first kappa shape index (κ1) is 15.8. The Balaban J connectivity index is 1.95. The highest BCUT2D eigenvalue weighted by atomic mass is 19.4. The molecule has 1 N–H and O–H groups in total. The van der Waals surface area contributed by atoms with E-state index < -0.39 is 11.7 Å². The summed E-state index contributed by atoms with van der Waals surface area (Å²) in [5, 5.41) is 3.09. The molecule has 0 radical (unpaired) electrons. The van der Waals surface area contributed by atoms with E-state index in [0.29, 0.717) is 12.1 Å². The highest BCUT2D eigenvalue weighted by molar-refractivity contribution is 5.76. The van der Waals surface area contributed by atoms with Crippen molar-refractivity contribution in [1.29, 1.82) is 0 Å². The number of hydrogen-bond acceptors (Lipinski definition) is 3. The van der Waals surface area contributed by atoms with Crippen molar-refractivity contribution in [3.8, 4) is 0 Å². The fourth-order valence-corrected chi connectivity index (χ4v) is 2.38. The smallest absolute Gasteiger partial charge is 0.416 e. The van der Waals surface area contributed by atoms with E-state index in [0.717, 1.165) is 31.4 Å². The topological polar surface area (TPSA) is 38.3 Å². The molecule has 0 aliphatic heterocycles. The molecule has 1 aromatic rings. The Bertz CT molecular complexity index is 481. The van der Waals surface area contributed by atoms with E-state index in [-0.39, 0.29) is 17.9 Å². The Hall–Kier alpha value is -1.56. The molecule has 1 aliphatic rings. The largest absolute Gasteiger partial charge is 0.468 e. The molecule has 3 nitrogen and oxygen atoms in total. The molecule has 1 aliphatic carbocycles. The molecule has 0 aromatic heterocycles. The minimum absolute atomic E-state index is 0.256. The number of esters is 1. The van der Waals surface area contributed by atoms with Crippen molar-refractivity contribution >= 4 is 5.97 Å². The molecule has 1 aromatic carbocycles. The SMILES string of the molecule is COC(=O)C(NCc1ccc(C(F)(F)F)cc1)C1CCC1. The Morgan fingerprint density at radius 2 is 1.95 bits per heavy atom. The quantitative estimate of drug-likeness (QED) is 0.849. The number of carbonyl (C=O) groups excluding carboxylic acids is 1. The first-order valence-electron chi connectivity index (χ1n) is 6.89. The first-order valence-corrected chi connectivity index (χ1v) is 6.89. The molecular weight excluding hydrogens is 283 g/mol. The number of rotatable bonds is 5. The number of ether oxygens (including phenoxy) is 1. The second-order valence-corrected chi connectivity index (χ2v) is 5.27. The molecule has 1 saturated carbocycles. The monoisotopic (exact) mass is 301 g/mol. The lowest BCUT2D eigenvalue weighted by atomic mass is 9.79. The minimum atomic E-state index is -4.33. The molecule has 0 bridgehead atoms. The summed E-state index contributed by atoms with van der Waals surface area (Å²) in [7, 11) is 1.34. The van der Waals surface area contributed by atoms with Gasteiger partial charge in [-0.2, -0.15) is 13.2 Å². The van der Waals surface area contributed by atoms with Crippen molar-refractivity contribution in [3.05, 3.63) is 35.4 Å². The highest BCUT2D eigenvalue weighted by Gasteiger charge is 2.33. The Labute approximate surface area is 121 Å². The van der Waals surface area contributed by atoms with Gasteiger partial charge in [-0.1, -0.05) is 18.6 Å². The van der Waals surface area contributed by atoms with Gasteiger partial charge in [-0.15, -0.1) is 0 Å². The van der Waals surface area contributed by atoms with Gasteiger partial charge in [0.2, 0.25) is 0 Å². The lowest BCUT2D eigenvalue weighted by Crippen LogP contribution is -2.45. The summed E-state index contributed by atoms with van der Waals surface area (Å²) < 4.78 is 42.2. The molecule has 0 amide bonds. The van der Waals surface area contributed by atoms with Crippen molar-refractivity contribution in [2.45, 2.75) is 38.0 Å². The summed E-state index contributed by atoms with van der Waals surface area (Å²) in [5.41, 5.74) is 0.0333. The van der Waals surface area contributed by atoms with E-state index in [2.05, 4.69) is 5.32 Å². The van der Waals surface area contributed by atoms with Gasteiger partial charge in [-0.25, -0.2) is 0 Å². The molecule has 1 atom stereocenters. The summed E-state index contributed by atoms with van der Waals surface area (Å²) in [5.74, 6) is -0.0569. The molecule has 116 valence electrons. The van der Waals surface area contributed by atoms with Crippen molar-refractivity contribution < 1.29 is 22.7 Å². The molecule has 0 spiro atoms. The van der Waals surface area contributed by atoms with Gasteiger partial charge >= 0.3 is 12.1 Å². The van der Waals surface area contributed by atoms with Crippen LogP contribution in [0.15, 0.2) is 24.3 Å². The van der Waals surface area contributed by atoms with E-state index in [1.807, 2.05) is 0 Å². The van der Waals surface area contributed by atoms with Crippen LogP contribution >= 0.6 is 0 Å². The molecule has 1 fully saturated rings. The number of alkyl halides is 3. The molecule has 0 heterocycles. The average molecular weight is 301 g/mol. The summed E-state index contributed by atoms with van der Waals surface area (Å²) in [6.45, 7) is 0.342. The maximum Gasteiger partial charge on any atom is 0.416 e. The van der Waals surface area contributed by atoms with Gasteiger partial charge in [0.05, 0.1) is 12.7 Å². The Kier molecular flexibility index (Phi) is 4.88. The van der Waals surface area contributed by atoms with Gasteiger partial charge in [0, 0.05) is 6.54 Å². The van der Waals surface area contributed by atoms with Gasteiger partial charge in [0.25, 0.3) is 0 Å². The van der Waals surface area contributed by atoms with Crippen LogP contribution in [0.25, 0.3) is 0 Å². The number of methoxy groups -OCH3 is 1. The maximum atomic E-state index is 12.5. The number of nitrogens with one attached hydrogen (secondary N) is 1. The molecular formula is C15H18F3NO2. The molecule has 0 saturated heterocycles. The molecule has 21 heavy (non-hydrogen) atoms. The first-order chi connectivity index (χ1) is 9.91. The van der Waals surface area contributed by atoms with E-state index in [4.69, 9.17) is 4.74 Å². The molecule has 2 rings (SSSR count). The zero-order valence-corrected chi connectivity index (χ0v) is 11.7. The third-order valence-corrected chi connectivity index (χ3v) is 3.88. The van der Waals surface area contributed by atoms with E-state index in [1.54, 1.807) is 0 Å². The predicted molar refractivity (Wildman–Crippen MR) is 71.4 cm³/mol. The van der Waals surface area contributed by atoms with E-state index >= 15 is 0 Å². The number of benzene rings is 1. The summed E-state index contributed by atoms with van der Waals surface area (Å²) in [6.07, 6.45) is -1.29. The van der Waals surface area contributed by atoms with Crippen LogP contribution in [0.1, 0.15) is 30.4 Å². The zero-order valence-electron chi connectivity index (χ0n) is 11.7. The fourth-order valence-electron chi connectivity index (χ4n) is 2.38. The van der Waals surface area contributed by atoms with Crippen molar-refractivity contribution in [2.75, 3.05) is 7.11 Å². The fraction of sp³-hybridized carbons (Fsp3) is 0.533. The van der Waals surface area contributed by atoms with Crippen LogP contribution in [0.3, 0.4) is 0 Å². The van der Waals surface area contributed by atoms with Crippen molar-refractivity contribution in [2.24, 2.45) is 5.92 Å². The predicted octanol–water partition coefficient (Wildman–Crippen LogP) is 3.14. The van der Waals surface area contributed by atoms with Crippen LogP contribution in [-0.4, -0.2) is 19.1 Å². The lowest BCUT2D eigenvalue weighted by Gasteiger charge is -2.32. The van der Waals surface area contributed by atoms with Crippen LogP contribution in [0.4, 0.5) is 13.2 Å². The van der Waals surface area contributed by atoms with Gasteiger partial charge in [-0.05, 0) is 36.5 Å². The van der Waals surface area contributed by atoms with Gasteiger partial charge in [0.1, 0.15) is 6.04 Å². The standard InChI is InChI=1S/C15H18F3NO2/c1-21-14(20)13(11-3-2-4-11)19-9-10-5-7-12(8-6-10)15(16,17)18/h5-8,11,13,19H,2-4,9H2,1H3. The second-order valence-electron chi connectivity index (χ2n) is 5.27. The molecule has 6 heteroatoms. The Morgan fingerprint density at radius 3 is 2.38 bits per heavy atom. The number of halogens is 3. The van der Waals surface area contributed by atoms with Gasteiger partial charge < -0.3 is 10.1 Å². The highest BCUT2D eigenvalue weighted by Crippen LogP contribution is 2.31. The number of hydrogen-bond donors (Lipinski definition) is 1. The van der Waals surface area contributed by atoms with Gasteiger partial charge in [0.15, 0.2) is 0 Å². The van der Waals surface area contributed by atoms with E-state index in [1.165, 1.54) is 19.2 Å². The average Bonchev–Trinajstić information content (AvgIpc) is 2.39. The zero-order chi connectivity index (χ0) is 15.5. The van der Waals surface area contributed by atoms with Crippen molar-refractivity contribution in [3.63, 3.8) is 0 Å². The van der Waals surface area contributed by atoms with Crippen LogP contribution in [-0.2, 0) is 22.3 Å². The minimum Gasteiger partial charge on any atom is -0.468 e. The normalized spacial score (nSPS) is 17.1. The summed E-state index contributed by atoms with van der Waals surface area (Å²) in [6, 6.07) is 4.56. The van der Waals surface area contributed by atoms with Crippen molar-refractivity contribution in [1.82, 2.24) is 5.32 Å². The summed E-state index contributed by atoms with van der Waals surface area (Å²) in [4.78, 5) is 11.7.